The van der Waals surface area contributed by atoms with Gasteiger partial charge in [0.2, 0.25) is 0 Å². The number of piperazine rings is 1. The zero-order valence-electron chi connectivity index (χ0n) is 15.6. The van der Waals surface area contributed by atoms with Crippen molar-refractivity contribution in [1.82, 2.24) is 14.8 Å². The van der Waals surface area contributed by atoms with Crippen molar-refractivity contribution < 1.29 is 5.11 Å². The first-order valence-corrected chi connectivity index (χ1v) is 10.6. The highest BCUT2D eigenvalue weighted by Gasteiger charge is 2.26. The summed E-state index contributed by atoms with van der Waals surface area (Å²) in [5, 5.41) is 10.7. The van der Waals surface area contributed by atoms with E-state index in [0.29, 0.717) is 6.04 Å². The van der Waals surface area contributed by atoms with Crippen LogP contribution in [0, 0.1) is 0 Å². The second kappa shape index (κ2) is 8.93. The van der Waals surface area contributed by atoms with E-state index in [9.17, 15) is 5.11 Å². The summed E-state index contributed by atoms with van der Waals surface area (Å²) in [7, 11) is 0. The summed E-state index contributed by atoms with van der Waals surface area (Å²) in [6.45, 7) is 5.35. The van der Waals surface area contributed by atoms with E-state index in [4.69, 9.17) is 4.98 Å². The molecule has 1 aliphatic rings. The largest absolute Gasteiger partial charge is 0.396 e. The highest BCUT2D eigenvalue weighted by atomic mass is 32.1. The molecule has 5 heteroatoms. The molecule has 0 bridgehead atoms. The summed E-state index contributed by atoms with van der Waals surface area (Å²) in [4.78, 5) is 9.84. The molecule has 0 saturated carbocycles. The second-order valence-corrected chi connectivity index (χ2v) is 8.36. The van der Waals surface area contributed by atoms with Gasteiger partial charge in [-0.15, -0.1) is 11.3 Å². The topological polar surface area (TPSA) is 39.6 Å². The van der Waals surface area contributed by atoms with Crippen molar-refractivity contribution in [2.45, 2.75) is 25.4 Å². The minimum Gasteiger partial charge on any atom is -0.396 e. The number of fused-ring (bicyclic) bond motifs is 1. The molecule has 1 atom stereocenters. The molecule has 0 spiro atoms. The average molecular weight is 382 g/mol. The summed E-state index contributed by atoms with van der Waals surface area (Å²) in [5.41, 5.74) is 2.49. The van der Waals surface area contributed by atoms with Gasteiger partial charge in [0, 0.05) is 38.8 Å². The van der Waals surface area contributed by atoms with Crippen LogP contribution in [0.4, 0.5) is 0 Å². The molecule has 2 heterocycles. The Labute approximate surface area is 165 Å². The van der Waals surface area contributed by atoms with Gasteiger partial charge in [0.1, 0.15) is 5.01 Å². The molecule has 0 amide bonds. The maximum atomic E-state index is 9.54. The molecule has 1 aliphatic heterocycles. The van der Waals surface area contributed by atoms with E-state index in [2.05, 4.69) is 64.4 Å². The molecule has 0 radical (unpaired) electrons. The Morgan fingerprint density at radius 1 is 1.04 bits per heavy atom. The van der Waals surface area contributed by atoms with Gasteiger partial charge in [-0.1, -0.05) is 42.5 Å². The minimum absolute atomic E-state index is 0.251. The summed E-state index contributed by atoms with van der Waals surface area (Å²) in [6.07, 6.45) is 1.91. The Kier molecular flexibility index (Phi) is 6.14. The normalized spacial score (nSPS) is 18.9. The first-order chi connectivity index (χ1) is 13.3. The molecule has 1 N–H and O–H groups in total. The zero-order chi connectivity index (χ0) is 18.5. The Bertz CT molecular complexity index is 818. The number of nitrogens with zero attached hydrogens (tertiary/aromatic N) is 3. The molecule has 4 rings (SSSR count). The van der Waals surface area contributed by atoms with Crippen molar-refractivity contribution >= 4 is 21.6 Å². The van der Waals surface area contributed by atoms with Crippen molar-refractivity contribution in [3.05, 3.63) is 65.2 Å². The Morgan fingerprint density at radius 2 is 1.85 bits per heavy atom. The Hall–Kier alpha value is -1.79. The summed E-state index contributed by atoms with van der Waals surface area (Å²) < 4.78 is 1.26. The van der Waals surface area contributed by atoms with Gasteiger partial charge in [-0.2, -0.15) is 0 Å². The van der Waals surface area contributed by atoms with Crippen LogP contribution in [0.2, 0.25) is 0 Å². The summed E-state index contributed by atoms with van der Waals surface area (Å²) >= 11 is 1.80. The predicted molar refractivity (Wildman–Crippen MR) is 112 cm³/mol. The van der Waals surface area contributed by atoms with Crippen LogP contribution in [-0.4, -0.2) is 58.7 Å². The number of aliphatic hydroxyl groups excluding tert-OH is 1. The van der Waals surface area contributed by atoms with E-state index in [1.54, 1.807) is 11.3 Å². The van der Waals surface area contributed by atoms with E-state index in [1.165, 1.54) is 15.3 Å². The van der Waals surface area contributed by atoms with Crippen LogP contribution in [0.1, 0.15) is 17.0 Å². The smallest absolute Gasteiger partial charge is 0.108 e. The number of para-hydroxylation sites is 1. The van der Waals surface area contributed by atoms with Gasteiger partial charge in [0.15, 0.2) is 0 Å². The van der Waals surface area contributed by atoms with Crippen LogP contribution in [0.25, 0.3) is 10.2 Å². The standard InChI is InChI=1S/C22H27N3OS/c26-15-11-19-16-24(17-22-23-20-8-4-5-9-21(20)27-22)13-14-25(19)12-10-18-6-2-1-3-7-18/h1-9,19,26H,10-17H2/t19-/m1/s1. The monoisotopic (exact) mass is 381 g/mol. The first kappa shape index (κ1) is 18.6. The van der Waals surface area contributed by atoms with Gasteiger partial charge < -0.3 is 5.11 Å². The number of thiazole rings is 1. The Morgan fingerprint density at radius 3 is 2.67 bits per heavy atom. The molecule has 0 aliphatic carbocycles. The quantitative estimate of drug-likeness (QED) is 0.681. The highest BCUT2D eigenvalue weighted by molar-refractivity contribution is 7.18. The minimum atomic E-state index is 0.251. The number of rotatable bonds is 7. The lowest BCUT2D eigenvalue weighted by Crippen LogP contribution is -2.53. The average Bonchev–Trinajstić information content (AvgIpc) is 3.11. The molecule has 2 aromatic carbocycles. The lowest BCUT2D eigenvalue weighted by molar-refractivity contribution is 0.0562. The maximum absolute atomic E-state index is 9.54. The number of hydrogen-bond donors (Lipinski definition) is 1. The van der Waals surface area contributed by atoms with Crippen molar-refractivity contribution in [2.24, 2.45) is 0 Å². The third-order valence-corrected chi connectivity index (χ3v) is 6.40. The van der Waals surface area contributed by atoms with Crippen molar-refractivity contribution in [1.29, 1.82) is 0 Å². The fourth-order valence-electron chi connectivity index (χ4n) is 3.91. The lowest BCUT2D eigenvalue weighted by atomic mass is 10.1. The predicted octanol–water partition coefficient (Wildman–Crippen LogP) is 3.41. The van der Waals surface area contributed by atoms with E-state index in [0.717, 1.165) is 51.1 Å². The third kappa shape index (κ3) is 4.74. The SMILES string of the molecule is OCC[C@@H]1CN(Cc2nc3ccccc3s2)CCN1CCc1ccccc1. The fraction of sp³-hybridized carbons (Fsp3) is 0.409. The van der Waals surface area contributed by atoms with Gasteiger partial charge in [-0.25, -0.2) is 4.98 Å². The molecule has 142 valence electrons. The molecule has 3 aromatic rings. The van der Waals surface area contributed by atoms with Gasteiger partial charge in [0.25, 0.3) is 0 Å². The van der Waals surface area contributed by atoms with Gasteiger partial charge in [0.05, 0.1) is 16.8 Å². The molecule has 1 fully saturated rings. The molecule has 1 saturated heterocycles. The number of hydrogen-bond acceptors (Lipinski definition) is 5. The second-order valence-electron chi connectivity index (χ2n) is 7.25. The number of aliphatic hydroxyl groups is 1. The van der Waals surface area contributed by atoms with Crippen LogP contribution in [0.3, 0.4) is 0 Å². The Balaban J connectivity index is 1.36. The summed E-state index contributed by atoms with van der Waals surface area (Å²) in [5.74, 6) is 0. The van der Waals surface area contributed by atoms with Crippen molar-refractivity contribution in [3.8, 4) is 0 Å². The van der Waals surface area contributed by atoms with Crippen LogP contribution in [0.5, 0.6) is 0 Å². The van der Waals surface area contributed by atoms with E-state index in [1.807, 2.05) is 0 Å². The number of benzene rings is 2. The van der Waals surface area contributed by atoms with Gasteiger partial charge in [-0.3, -0.25) is 9.80 Å². The fourth-order valence-corrected chi connectivity index (χ4v) is 4.92. The van der Waals surface area contributed by atoms with Crippen LogP contribution < -0.4 is 0 Å². The van der Waals surface area contributed by atoms with Crippen LogP contribution in [-0.2, 0) is 13.0 Å². The molecular weight excluding hydrogens is 354 g/mol. The third-order valence-electron chi connectivity index (χ3n) is 5.38. The van der Waals surface area contributed by atoms with E-state index >= 15 is 0 Å². The van der Waals surface area contributed by atoms with Crippen LogP contribution >= 0.6 is 11.3 Å². The van der Waals surface area contributed by atoms with Crippen molar-refractivity contribution in [2.75, 3.05) is 32.8 Å². The van der Waals surface area contributed by atoms with E-state index in [-0.39, 0.29) is 6.61 Å². The molecule has 0 unspecified atom stereocenters. The molecular formula is C22H27N3OS. The summed E-state index contributed by atoms with van der Waals surface area (Å²) in [6, 6.07) is 19.5. The molecule has 1 aromatic heterocycles. The first-order valence-electron chi connectivity index (χ1n) is 9.77. The highest BCUT2D eigenvalue weighted by Crippen LogP contribution is 2.24. The van der Waals surface area contributed by atoms with Gasteiger partial charge >= 0.3 is 0 Å². The number of aromatic nitrogens is 1. The van der Waals surface area contributed by atoms with Crippen LogP contribution in [0.15, 0.2) is 54.6 Å². The van der Waals surface area contributed by atoms with Crippen molar-refractivity contribution in [3.63, 3.8) is 0 Å². The molecule has 4 nitrogen and oxygen atoms in total. The molecule has 27 heavy (non-hydrogen) atoms. The zero-order valence-corrected chi connectivity index (χ0v) is 16.4. The van der Waals surface area contributed by atoms with E-state index < -0.39 is 0 Å². The maximum Gasteiger partial charge on any atom is 0.108 e. The van der Waals surface area contributed by atoms with Gasteiger partial charge in [-0.05, 0) is 30.5 Å². The lowest BCUT2D eigenvalue weighted by Gasteiger charge is -2.41.